The highest BCUT2D eigenvalue weighted by Gasteiger charge is 2.27. The molecule has 1 saturated heterocycles. The maximum atomic E-state index is 12.2. The maximum Gasteiger partial charge on any atom is 0.235 e. The molecule has 0 aromatic heterocycles. The minimum absolute atomic E-state index is 0.306. The zero-order chi connectivity index (χ0) is 13.2. The summed E-state index contributed by atoms with van der Waals surface area (Å²) in [5, 5.41) is 3.55. The first-order valence-corrected chi connectivity index (χ1v) is 7.97. The summed E-state index contributed by atoms with van der Waals surface area (Å²) < 4.78 is 26.9. The molecular weight excluding hydrogens is 295 g/mol. The molecule has 0 atom stereocenters. The van der Waals surface area contributed by atoms with E-state index in [-0.39, 0.29) is 5.25 Å². The molecule has 1 aliphatic rings. The highest BCUT2D eigenvalue weighted by Crippen LogP contribution is 2.27. The highest BCUT2D eigenvalue weighted by atomic mass is 35.5. The summed E-state index contributed by atoms with van der Waals surface area (Å²) in [6, 6.07) is 4.69. The fourth-order valence-corrected chi connectivity index (χ4v) is 3.93. The molecule has 1 fully saturated rings. The fourth-order valence-electron chi connectivity index (χ4n) is 1.91. The summed E-state index contributed by atoms with van der Waals surface area (Å²) in [7, 11) is -3.39. The van der Waals surface area contributed by atoms with Crippen LogP contribution in [0.4, 0.5) is 5.69 Å². The minimum Gasteiger partial charge on any atom is -0.317 e. The average molecular weight is 309 g/mol. The van der Waals surface area contributed by atoms with Gasteiger partial charge in [-0.05, 0) is 44.1 Å². The topological polar surface area (TPSA) is 58.2 Å². The standard InChI is InChI=1S/C11H14Cl2N2O2S/c12-8-1-2-11(10(13)7-8)15-18(16,17)9-3-5-14-6-4-9/h1-2,7,9,14-15H,3-6H2. The van der Waals surface area contributed by atoms with Gasteiger partial charge in [-0.25, -0.2) is 8.42 Å². The van der Waals surface area contributed by atoms with Crippen LogP contribution >= 0.6 is 23.2 Å². The van der Waals surface area contributed by atoms with Crippen molar-refractivity contribution in [2.75, 3.05) is 17.8 Å². The smallest absolute Gasteiger partial charge is 0.235 e. The second-order valence-electron chi connectivity index (χ2n) is 4.22. The Bertz CT molecular complexity index is 528. The van der Waals surface area contributed by atoms with Crippen molar-refractivity contribution in [2.45, 2.75) is 18.1 Å². The van der Waals surface area contributed by atoms with Gasteiger partial charge in [0.2, 0.25) is 10.0 Å². The normalized spacial score (nSPS) is 17.7. The van der Waals surface area contributed by atoms with Crippen molar-refractivity contribution in [3.63, 3.8) is 0 Å². The van der Waals surface area contributed by atoms with Gasteiger partial charge in [0.05, 0.1) is 16.0 Å². The highest BCUT2D eigenvalue weighted by molar-refractivity contribution is 7.93. The summed E-state index contributed by atoms with van der Waals surface area (Å²) in [6.07, 6.45) is 1.22. The van der Waals surface area contributed by atoms with Crippen molar-refractivity contribution in [1.82, 2.24) is 5.32 Å². The predicted molar refractivity (Wildman–Crippen MR) is 74.9 cm³/mol. The number of hydrogen-bond donors (Lipinski definition) is 2. The number of piperidine rings is 1. The van der Waals surface area contributed by atoms with E-state index < -0.39 is 10.0 Å². The molecule has 1 aromatic carbocycles. The van der Waals surface area contributed by atoms with Crippen LogP contribution in [0, 0.1) is 0 Å². The molecule has 2 rings (SSSR count). The molecule has 0 spiro atoms. The summed E-state index contributed by atoms with van der Waals surface area (Å²) in [4.78, 5) is 0. The third kappa shape index (κ3) is 3.29. The number of halogens is 2. The van der Waals surface area contributed by atoms with Gasteiger partial charge in [0.15, 0.2) is 0 Å². The number of rotatable bonds is 3. The lowest BCUT2D eigenvalue weighted by atomic mass is 10.2. The van der Waals surface area contributed by atoms with Crippen LogP contribution in [0.2, 0.25) is 10.0 Å². The minimum atomic E-state index is -3.39. The first-order valence-electron chi connectivity index (χ1n) is 5.66. The third-order valence-electron chi connectivity index (χ3n) is 2.91. The van der Waals surface area contributed by atoms with Gasteiger partial charge in [0, 0.05) is 5.02 Å². The molecule has 0 unspecified atom stereocenters. The molecule has 1 aliphatic heterocycles. The molecule has 0 aliphatic carbocycles. The average Bonchev–Trinajstić information content (AvgIpc) is 2.34. The second kappa shape index (κ2) is 5.65. The van der Waals surface area contributed by atoms with Gasteiger partial charge in [-0.2, -0.15) is 0 Å². The first-order chi connectivity index (χ1) is 8.49. The molecule has 4 nitrogen and oxygen atoms in total. The third-order valence-corrected chi connectivity index (χ3v) is 5.31. The molecule has 7 heteroatoms. The molecular formula is C11H14Cl2N2O2S. The van der Waals surface area contributed by atoms with Crippen molar-refractivity contribution < 1.29 is 8.42 Å². The van der Waals surface area contributed by atoms with Crippen molar-refractivity contribution in [3.05, 3.63) is 28.2 Å². The van der Waals surface area contributed by atoms with Gasteiger partial charge in [0.1, 0.15) is 0 Å². The first kappa shape index (κ1) is 13.9. The molecule has 18 heavy (non-hydrogen) atoms. The lowest BCUT2D eigenvalue weighted by Gasteiger charge is -2.23. The van der Waals surface area contributed by atoms with E-state index in [1.807, 2.05) is 0 Å². The van der Waals surface area contributed by atoms with Gasteiger partial charge in [-0.15, -0.1) is 0 Å². The Hall–Kier alpha value is -0.490. The maximum absolute atomic E-state index is 12.2. The number of anilines is 1. The monoisotopic (exact) mass is 308 g/mol. The van der Waals surface area contributed by atoms with Crippen LogP contribution in [0.25, 0.3) is 0 Å². The van der Waals surface area contributed by atoms with E-state index in [0.29, 0.717) is 28.6 Å². The number of benzene rings is 1. The van der Waals surface area contributed by atoms with Crippen LogP contribution in [-0.2, 0) is 10.0 Å². The molecule has 0 bridgehead atoms. The van der Waals surface area contributed by atoms with Gasteiger partial charge in [-0.1, -0.05) is 23.2 Å². The van der Waals surface area contributed by atoms with E-state index in [2.05, 4.69) is 10.0 Å². The zero-order valence-corrected chi connectivity index (χ0v) is 11.9. The Morgan fingerprint density at radius 2 is 1.89 bits per heavy atom. The van der Waals surface area contributed by atoms with E-state index in [4.69, 9.17) is 23.2 Å². The van der Waals surface area contributed by atoms with Crippen LogP contribution in [0.5, 0.6) is 0 Å². The van der Waals surface area contributed by atoms with E-state index in [0.717, 1.165) is 13.1 Å². The van der Waals surface area contributed by atoms with Crippen molar-refractivity contribution in [2.24, 2.45) is 0 Å². The van der Waals surface area contributed by atoms with Crippen LogP contribution in [0.1, 0.15) is 12.8 Å². The van der Waals surface area contributed by atoms with Gasteiger partial charge in [0.25, 0.3) is 0 Å². The van der Waals surface area contributed by atoms with Crippen LogP contribution in [-0.4, -0.2) is 26.8 Å². The van der Waals surface area contributed by atoms with Crippen molar-refractivity contribution in [3.8, 4) is 0 Å². The molecule has 100 valence electrons. The Labute approximate surface area is 117 Å². The lowest BCUT2D eigenvalue weighted by molar-refractivity contribution is 0.499. The van der Waals surface area contributed by atoms with Gasteiger partial charge >= 0.3 is 0 Å². The van der Waals surface area contributed by atoms with E-state index in [1.165, 1.54) is 6.07 Å². The second-order valence-corrected chi connectivity index (χ2v) is 7.03. The summed E-state index contributed by atoms with van der Waals surface area (Å²) >= 11 is 11.7. The van der Waals surface area contributed by atoms with Crippen LogP contribution < -0.4 is 10.0 Å². The Morgan fingerprint density at radius 3 is 2.50 bits per heavy atom. The predicted octanol–water partition coefficient (Wildman–Crippen LogP) is 2.49. The SMILES string of the molecule is O=S(=O)(Nc1ccc(Cl)cc1Cl)C1CCNCC1. The Balaban J connectivity index is 2.16. The number of nitrogens with one attached hydrogen (secondary N) is 2. The number of sulfonamides is 1. The van der Waals surface area contributed by atoms with Crippen LogP contribution in [0.3, 0.4) is 0 Å². The summed E-state index contributed by atoms with van der Waals surface area (Å²) in [5.41, 5.74) is 0.375. The van der Waals surface area contributed by atoms with Crippen molar-refractivity contribution >= 4 is 38.9 Å². The zero-order valence-electron chi connectivity index (χ0n) is 9.62. The van der Waals surface area contributed by atoms with E-state index in [1.54, 1.807) is 12.1 Å². The fraction of sp³-hybridized carbons (Fsp3) is 0.455. The summed E-state index contributed by atoms with van der Waals surface area (Å²) in [5.74, 6) is 0. The van der Waals surface area contributed by atoms with Crippen LogP contribution in [0.15, 0.2) is 18.2 Å². The lowest BCUT2D eigenvalue weighted by Crippen LogP contribution is -2.38. The summed E-state index contributed by atoms with van der Waals surface area (Å²) in [6.45, 7) is 1.44. The Morgan fingerprint density at radius 1 is 1.22 bits per heavy atom. The molecule has 1 heterocycles. The molecule has 0 radical (unpaired) electrons. The molecule has 0 amide bonds. The van der Waals surface area contributed by atoms with E-state index >= 15 is 0 Å². The molecule has 2 N–H and O–H groups in total. The quantitative estimate of drug-likeness (QED) is 0.902. The number of hydrogen-bond acceptors (Lipinski definition) is 3. The Kier molecular flexibility index (Phi) is 4.37. The van der Waals surface area contributed by atoms with Gasteiger partial charge < -0.3 is 5.32 Å². The molecule has 0 saturated carbocycles. The largest absolute Gasteiger partial charge is 0.317 e. The molecule has 1 aromatic rings. The van der Waals surface area contributed by atoms with E-state index in [9.17, 15) is 8.42 Å². The van der Waals surface area contributed by atoms with Gasteiger partial charge in [-0.3, -0.25) is 4.72 Å². The van der Waals surface area contributed by atoms with Crippen molar-refractivity contribution in [1.29, 1.82) is 0 Å².